The van der Waals surface area contributed by atoms with Gasteiger partial charge in [-0.1, -0.05) is 36.4 Å². The molecule has 108 valence electrons. The Kier molecular flexibility index (Phi) is 4.53. The van der Waals surface area contributed by atoms with Gasteiger partial charge in [0.05, 0.1) is 0 Å². The third-order valence-electron chi connectivity index (χ3n) is 3.54. The highest BCUT2D eigenvalue weighted by Crippen LogP contribution is 2.24. The summed E-state index contributed by atoms with van der Waals surface area (Å²) in [4.78, 5) is 1.40. The summed E-state index contributed by atoms with van der Waals surface area (Å²) < 4.78 is 5.91. The number of hydrogen-bond donors (Lipinski definition) is 1. The predicted octanol–water partition coefficient (Wildman–Crippen LogP) is 4.38. The van der Waals surface area contributed by atoms with Crippen molar-refractivity contribution in [2.75, 3.05) is 13.2 Å². The van der Waals surface area contributed by atoms with Gasteiger partial charge in [-0.15, -0.1) is 11.3 Å². The van der Waals surface area contributed by atoms with E-state index in [9.17, 15) is 0 Å². The van der Waals surface area contributed by atoms with Crippen LogP contribution in [0.4, 0.5) is 0 Å². The average Bonchev–Trinajstić information content (AvgIpc) is 2.92. The Bertz CT molecular complexity index is 715. The van der Waals surface area contributed by atoms with Crippen molar-refractivity contribution in [3.63, 3.8) is 0 Å². The Hall–Kier alpha value is -1.84. The molecule has 21 heavy (non-hydrogen) atoms. The van der Waals surface area contributed by atoms with Crippen molar-refractivity contribution in [3.05, 3.63) is 64.4 Å². The molecule has 3 rings (SSSR count). The van der Waals surface area contributed by atoms with Crippen LogP contribution in [0, 0.1) is 6.92 Å². The number of hydrogen-bond acceptors (Lipinski definition) is 3. The van der Waals surface area contributed by atoms with Gasteiger partial charge in [0.1, 0.15) is 12.4 Å². The smallest absolute Gasteiger partial charge is 0.127 e. The van der Waals surface area contributed by atoms with Crippen LogP contribution in [0.3, 0.4) is 0 Å². The minimum atomic E-state index is 0.679. The molecule has 0 amide bonds. The first-order chi connectivity index (χ1) is 10.3. The van der Waals surface area contributed by atoms with Crippen molar-refractivity contribution in [3.8, 4) is 5.75 Å². The molecule has 0 aliphatic heterocycles. The molecule has 2 aromatic carbocycles. The molecule has 1 heterocycles. The Morgan fingerprint density at radius 1 is 1.05 bits per heavy atom. The quantitative estimate of drug-likeness (QED) is 0.682. The first-order valence-electron chi connectivity index (χ1n) is 7.19. The summed E-state index contributed by atoms with van der Waals surface area (Å²) in [5.74, 6) is 0.960. The highest BCUT2D eigenvalue weighted by molar-refractivity contribution is 7.10. The third kappa shape index (κ3) is 3.43. The van der Waals surface area contributed by atoms with Crippen molar-refractivity contribution in [1.82, 2.24) is 5.32 Å². The normalized spacial score (nSPS) is 10.9. The zero-order chi connectivity index (χ0) is 14.5. The van der Waals surface area contributed by atoms with Gasteiger partial charge < -0.3 is 10.1 Å². The summed E-state index contributed by atoms with van der Waals surface area (Å²) in [5.41, 5.74) is 1.36. The van der Waals surface area contributed by atoms with Crippen LogP contribution < -0.4 is 10.1 Å². The maximum atomic E-state index is 5.91. The molecule has 0 unspecified atom stereocenters. The number of fused-ring (bicyclic) bond motifs is 1. The van der Waals surface area contributed by atoms with Crippen LogP contribution >= 0.6 is 11.3 Å². The molecule has 0 saturated heterocycles. The topological polar surface area (TPSA) is 21.3 Å². The first kappa shape index (κ1) is 14.1. The van der Waals surface area contributed by atoms with Gasteiger partial charge >= 0.3 is 0 Å². The fourth-order valence-electron chi connectivity index (χ4n) is 2.34. The van der Waals surface area contributed by atoms with Crippen LogP contribution in [0.1, 0.15) is 10.4 Å². The molecule has 1 aromatic heterocycles. The van der Waals surface area contributed by atoms with E-state index in [2.05, 4.69) is 48.0 Å². The minimum absolute atomic E-state index is 0.679. The molecule has 2 nitrogen and oxygen atoms in total. The molecule has 0 bridgehead atoms. The van der Waals surface area contributed by atoms with Crippen LogP contribution in [0.2, 0.25) is 0 Å². The highest BCUT2D eigenvalue weighted by Gasteiger charge is 2.01. The van der Waals surface area contributed by atoms with E-state index in [1.165, 1.54) is 21.2 Å². The van der Waals surface area contributed by atoms with Crippen molar-refractivity contribution >= 4 is 22.1 Å². The van der Waals surface area contributed by atoms with Gasteiger partial charge in [-0.2, -0.15) is 0 Å². The lowest BCUT2D eigenvalue weighted by Gasteiger charge is -2.10. The van der Waals surface area contributed by atoms with Gasteiger partial charge in [-0.3, -0.25) is 0 Å². The SMILES string of the molecule is Cc1ccsc1CNCCOc1cccc2ccccc12. The van der Waals surface area contributed by atoms with Crippen LogP contribution in [0.5, 0.6) is 5.75 Å². The highest BCUT2D eigenvalue weighted by atomic mass is 32.1. The zero-order valence-corrected chi connectivity index (χ0v) is 13.0. The first-order valence-corrected chi connectivity index (χ1v) is 8.07. The Balaban J connectivity index is 1.52. The van der Waals surface area contributed by atoms with E-state index in [0.717, 1.165) is 18.8 Å². The zero-order valence-electron chi connectivity index (χ0n) is 12.1. The second kappa shape index (κ2) is 6.74. The molecule has 1 N–H and O–H groups in total. The van der Waals surface area contributed by atoms with Crippen LogP contribution in [0.25, 0.3) is 10.8 Å². The summed E-state index contributed by atoms with van der Waals surface area (Å²) in [5, 5.41) is 7.96. The van der Waals surface area contributed by atoms with E-state index >= 15 is 0 Å². The molecule has 0 fully saturated rings. The number of nitrogens with one attached hydrogen (secondary N) is 1. The number of aryl methyl sites for hydroxylation is 1. The van der Waals surface area contributed by atoms with E-state index < -0.39 is 0 Å². The summed E-state index contributed by atoms with van der Waals surface area (Å²) in [7, 11) is 0. The van der Waals surface area contributed by atoms with E-state index in [0.29, 0.717) is 6.61 Å². The largest absolute Gasteiger partial charge is 0.492 e. The fraction of sp³-hybridized carbons (Fsp3) is 0.222. The maximum absolute atomic E-state index is 5.91. The van der Waals surface area contributed by atoms with Gasteiger partial charge in [0.25, 0.3) is 0 Å². The molecule has 0 aliphatic rings. The van der Waals surface area contributed by atoms with Crippen molar-refractivity contribution < 1.29 is 4.74 Å². The van der Waals surface area contributed by atoms with Gasteiger partial charge in [-0.05, 0) is 35.4 Å². The lowest BCUT2D eigenvalue weighted by atomic mass is 10.1. The van der Waals surface area contributed by atoms with E-state index in [1.54, 1.807) is 11.3 Å². The average molecular weight is 297 g/mol. The lowest BCUT2D eigenvalue weighted by Crippen LogP contribution is -2.20. The number of thiophene rings is 1. The number of rotatable bonds is 6. The van der Waals surface area contributed by atoms with E-state index in [4.69, 9.17) is 4.74 Å². The lowest BCUT2D eigenvalue weighted by molar-refractivity contribution is 0.317. The number of ether oxygens (including phenoxy) is 1. The van der Waals surface area contributed by atoms with E-state index in [-0.39, 0.29) is 0 Å². The van der Waals surface area contributed by atoms with Crippen LogP contribution in [0.15, 0.2) is 53.9 Å². The molecule has 0 saturated carbocycles. The molecule has 0 radical (unpaired) electrons. The molecule has 0 atom stereocenters. The van der Waals surface area contributed by atoms with Gasteiger partial charge in [0.15, 0.2) is 0 Å². The minimum Gasteiger partial charge on any atom is -0.492 e. The summed E-state index contributed by atoms with van der Waals surface area (Å²) in [6.45, 7) is 4.60. The molecular formula is C18H19NOS. The van der Waals surface area contributed by atoms with Crippen molar-refractivity contribution in [2.45, 2.75) is 13.5 Å². The predicted molar refractivity (Wildman–Crippen MR) is 90.2 cm³/mol. The van der Waals surface area contributed by atoms with Crippen molar-refractivity contribution in [2.24, 2.45) is 0 Å². The molecule has 3 aromatic rings. The van der Waals surface area contributed by atoms with Gasteiger partial charge in [-0.25, -0.2) is 0 Å². The monoisotopic (exact) mass is 297 g/mol. The molecule has 0 spiro atoms. The summed E-state index contributed by atoms with van der Waals surface area (Å²) >= 11 is 1.80. The standard InChI is InChI=1S/C18H19NOS/c1-14-9-12-21-18(14)13-19-10-11-20-17-8-4-6-15-5-2-3-7-16(15)17/h2-9,12,19H,10-11,13H2,1H3. The van der Waals surface area contributed by atoms with E-state index in [1.807, 2.05) is 18.2 Å². The van der Waals surface area contributed by atoms with Crippen molar-refractivity contribution in [1.29, 1.82) is 0 Å². The van der Waals surface area contributed by atoms with Crippen LogP contribution in [-0.4, -0.2) is 13.2 Å². The second-order valence-corrected chi connectivity index (χ2v) is 6.03. The van der Waals surface area contributed by atoms with Crippen LogP contribution in [-0.2, 0) is 6.54 Å². The third-order valence-corrected chi connectivity index (χ3v) is 4.56. The number of benzene rings is 2. The Morgan fingerprint density at radius 3 is 2.76 bits per heavy atom. The second-order valence-electron chi connectivity index (χ2n) is 5.03. The van der Waals surface area contributed by atoms with Gasteiger partial charge in [0.2, 0.25) is 0 Å². The molecule has 0 aliphatic carbocycles. The van der Waals surface area contributed by atoms with Gasteiger partial charge in [0, 0.05) is 23.4 Å². The summed E-state index contributed by atoms with van der Waals surface area (Å²) in [6, 6.07) is 16.7. The molecule has 3 heteroatoms. The Labute approximate surface area is 129 Å². The fourth-order valence-corrected chi connectivity index (χ4v) is 3.22. The summed E-state index contributed by atoms with van der Waals surface area (Å²) in [6.07, 6.45) is 0. The molecular weight excluding hydrogens is 278 g/mol. The Morgan fingerprint density at radius 2 is 1.90 bits per heavy atom. The maximum Gasteiger partial charge on any atom is 0.127 e.